The number of nitrogens with two attached hydrogens (primary N) is 1. The van der Waals surface area contributed by atoms with Gasteiger partial charge in [0.25, 0.3) is 0 Å². The Kier molecular flexibility index (Phi) is 3.30. The lowest BCUT2D eigenvalue weighted by atomic mass is 9.79. The van der Waals surface area contributed by atoms with Gasteiger partial charge in [-0.15, -0.1) is 0 Å². The number of rotatable bonds is 4. The van der Waals surface area contributed by atoms with Crippen molar-refractivity contribution >= 4 is 0 Å². The summed E-state index contributed by atoms with van der Waals surface area (Å²) in [6.07, 6.45) is 1.56. The van der Waals surface area contributed by atoms with Crippen molar-refractivity contribution in [2.45, 2.75) is 19.5 Å². The van der Waals surface area contributed by atoms with E-state index in [-0.39, 0.29) is 6.17 Å². The smallest absolute Gasteiger partial charge is 0.0589 e. The van der Waals surface area contributed by atoms with Crippen LogP contribution in [0.15, 0.2) is 0 Å². The second kappa shape index (κ2) is 4.37. The van der Waals surface area contributed by atoms with Gasteiger partial charge in [-0.3, -0.25) is 4.90 Å². The summed E-state index contributed by atoms with van der Waals surface area (Å²) in [4.78, 5) is 4.88. The Bertz CT molecular complexity index is 214. The largest absolute Gasteiger partial charge is 0.383 e. The maximum absolute atomic E-state index is 5.86. The van der Waals surface area contributed by atoms with Gasteiger partial charge in [0.05, 0.1) is 12.8 Å². The fourth-order valence-electron chi connectivity index (χ4n) is 2.80. The van der Waals surface area contributed by atoms with E-state index < -0.39 is 0 Å². The minimum Gasteiger partial charge on any atom is -0.383 e. The molecule has 0 aliphatic carbocycles. The summed E-state index contributed by atoms with van der Waals surface area (Å²) in [5.41, 5.74) is 6.41. The van der Waals surface area contributed by atoms with Gasteiger partial charge in [0, 0.05) is 38.7 Å². The first-order chi connectivity index (χ1) is 7.15. The topological polar surface area (TPSA) is 41.7 Å². The Balaban J connectivity index is 1.74. The first-order valence-corrected chi connectivity index (χ1v) is 5.86. The molecule has 0 amide bonds. The third-order valence-electron chi connectivity index (χ3n) is 3.78. The summed E-state index contributed by atoms with van der Waals surface area (Å²) in [7, 11) is 1.77. The summed E-state index contributed by atoms with van der Waals surface area (Å²) in [6.45, 7) is 8.85. The molecule has 0 bridgehead atoms. The van der Waals surface area contributed by atoms with Crippen LogP contribution in [-0.2, 0) is 4.74 Å². The molecule has 2 saturated heterocycles. The molecule has 1 unspecified atom stereocenters. The molecule has 4 heteroatoms. The van der Waals surface area contributed by atoms with Crippen LogP contribution >= 0.6 is 0 Å². The van der Waals surface area contributed by atoms with E-state index in [2.05, 4.69) is 16.7 Å². The molecular weight excluding hydrogens is 190 g/mol. The predicted octanol–water partition coefficient (Wildman–Crippen LogP) is -0.0548. The molecule has 15 heavy (non-hydrogen) atoms. The molecule has 2 rings (SSSR count). The number of methoxy groups -OCH3 is 1. The average Bonchev–Trinajstić information content (AvgIpc) is 2.56. The van der Waals surface area contributed by atoms with E-state index in [0.29, 0.717) is 5.41 Å². The van der Waals surface area contributed by atoms with Crippen LogP contribution in [-0.4, -0.2) is 62.4 Å². The van der Waals surface area contributed by atoms with E-state index >= 15 is 0 Å². The van der Waals surface area contributed by atoms with Gasteiger partial charge in [-0.05, 0) is 19.9 Å². The van der Waals surface area contributed by atoms with E-state index in [0.717, 1.165) is 13.2 Å². The summed E-state index contributed by atoms with van der Waals surface area (Å²) in [6, 6.07) is 0. The standard InChI is InChI=1S/C11H23N3O/c1-10(12)14-8-11(9-14)3-4-13(7-11)5-6-15-2/h10H,3-9,12H2,1-2H3. The number of hydrogen-bond donors (Lipinski definition) is 1. The third-order valence-corrected chi connectivity index (χ3v) is 3.78. The SMILES string of the molecule is COCCN1CCC2(C1)CN(C(C)N)C2. The lowest BCUT2D eigenvalue weighted by molar-refractivity contribution is -0.0184. The molecule has 2 heterocycles. The van der Waals surface area contributed by atoms with Crippen molar-refractivity contribution in [2.24, 2.45) is 11.1 Å². The Morgan fingerprint density at radius 2 is 2.13 bits per heavy atom. The van der Waals surface area contributed by atoms with Gasteiger partial charge in [0.15, 0.2) is 0 Å². The first kappa shape index (κ1) is 11.3. The zero-order chi connectivity index (χ0) is 10.9. The minimum atomic E-state index is 0.226. The van der Waals surface area contributed by atoms with Gasteiger partial charge in [-0.2, -0.15) is 0 Å². The Hall–Kier alpha value is -0.160. The van der Waals surface area contributed by atoms with Crippen LogP contribution < -0.4 is 5.73 Å². The zero-order valence-electron chi connectivity index (χ0n) is 9.91. The first-order valence-electron chi connectivity index (χ1n) is 5.86. The van der Waals surface area contributed by atoms with Gasteiger partial charge < -0.3 is 15.4 Å². The molecule has 0 saturated carbocycles. The van der Waals surface area contributed by atoms with Crippen molar-refractivity contribution in [3.63, 3.8) is 0 Å². The van der Waals surface area contributed by atoms with Crippen molar-refractivity contribution in [1.82, 2.24) is 9.80 Å². The van der Waals surface area contributed by atoms with Gasteiger partial charge >= 0.3 is 0 Å². The van der Waals surface area contributed by atoms with E-state index in [1.807, 2.05) is 0 Å². The van der Waals surface area contributed by atoms with Crippen LogP contribution in [0.3, 0.4) is 0 Å². The van der Waals surface area contributed by atoms with Crippen LogP contribution in [0.25, 0.3) is 0 Å². The Morgan fingerprint density at radius 3 is 2.73 bits per heavy atom. The molecular formula is C11H23N3O. The molecule has 2 aliphatic rings. The van der Waals surface area contributed by atoms with Gasteiger partial charge in [-0.1, -0.05) is 0 Å². The fraction of sp³-hybridized carbons (Fsp3) is 1.00. The van der Waals surface area contributed by atoms with Crippen molar-refractivity contribution in [3.05, 3.63) is 0 Å². The second-order valence-electron chi connectivity index (χ2n) is 5.16. The van der Waals surface area contributed by atoms with Crippen LogP contribution in [0, 0.1) is 5.41 Å². The van der Waals surface area contributed by atoms with Crippen molar-refractivity contribution in [3.8, 4) is 0 Å². The maximum Gasteiger partial charge on any atom is 0.0589 e. The quantitative estimate of drug-likeness (QED) is 0.711. The van der Waals surface area contributed by atoms with Gasteiger partial charge in [-0.25, -0.2) is 0 Å². The van der Waals surface area contributed by atoms with Gasteiger partial charge in [0.2, 0.25) is 0 Å². The Labute approximate surface area is 92.4 Å². The lowest BCUT2D eigenvalue weighted by Crippen LogP contribution is -2.62. The number of likely N-dealkylation sites (tertiary alicyclic amines) is 2. The number of nitrogens with zero attached hydrogens (tertiary/aromatic N) is 2. The summed E-state index contributed by atoms with van der Waals surface area (Å²) >= 11 is 0. The second-order valence-corrected chi connectivity index (χ2v) is 5.16. The normalized spacial score (nSPS) is 28.2. The zero-order valence-corrected chi connectivity index (χ0v) is 9.91. The van der Waals surface area contributed by atoms with Crippen molar-refractivity contribution in [1.29, 1.82) is 0 Å². The summed E-state index contributed by atoms with van der Waals surface area (Å²) in [5.74, 6) is 0. The molecule has 2 N–H and O–H groups in total. The highest BCUT2D eigenvalue weighted by atomic mass is 16.5. The molecule has 4 nitrogen and oxygen atoms in total. The molecule has 2 aliphatic heterocycles. The highest BCUT2D eigenvalue weighted by molar-refractivity contribution is 5.01. The van der Waals surface area contributed by atoms with E-state index in [4.69, 9.17) is 10.5 Å². The molecule has 0 radical (unpaired) electrons. The molecule has 2 fully saturated rings. The van der Waals surface area contributed by atoms with Crippen molar-refractivity contribution < 1.29 is 4.74 Å². The van der Waals surface area contributed by atoms with E-state index in [1.165, 1.54) is 32.6 Å². The van der Waals surface area contributed by atoms with E-state index in [9.17, 15) is 0 Å². The fourth-order valence-corrected chi connectivity index (χ4v) is 2.80. The number of hydrogen-bond acceptors (Lipinski definition) is 4. The van der Waals surface area contributed by atoms with Crippen LogP contribution in [0.5, 0.6) is 0 Å². The lowest BCUT2D eigenvalue weighted by Gasteiger charge is -2.50. The summed E-state index contributed by atoms with van der Waals surface area (Å²) < 4.78 is 5.11. The third kappa shape index (κ3) is 2.33. The van der Waals surface area contributed by atoms with Gasteiger partial charge in [0.1, 0.15) is 0 Å². The highest BCUT2D eigenvalue weighted by Crippen LogP contribution is 2.39. The number of ether oxygens (including phenoxy) is 1. The molecule has 1 spiro atoms. The molecule has 0 aromatic heterocycles. The monoisotopic (exact) mass is 213 g/mol. The molecule has 1 atom stereocenters. The molecule has 0 aromatic rings. The molecule has 0 aromatic carbocycles. The summed E-state index contributed by atoms with van der Waals surface area (Å²) in [5, 5.41) is 0. The van der Waals surface area contributed by atoms with Crippen molar-refractivity contribution in [2.75, 3.05) is 46.4 Å². The van der Waals surface area contributed by atoms with E-state index in [1.54, 1.807) is 7.11 Å². The maximum atomic E-state index is 5.86. The highest BCUT2D eigenvalue weighted by Gasteiger charge is 2.47. The minimum absolute atomic E-state index is 0.226. The van der Waals surface area contributed by atoms with Crippen LogP contribution in [0.4, 0.5) is 0 Å². The predicted molar refractivity (Wildman–Crippen MR) is 60.6 cm³/mol. The Morgan fingerprint density at radius 1 is 1.40 bits per heavy atom. The molecule has 88 valence electrons. The van der Waals surface area contributed by atoms with Crippen LogP contribution in [0.2, 0.25) is 0 Å². The average molecular weight is 213 g/mol. The van der Waals surface area contributed by atoms with Crippen LogP contribution in [0.1, 0.15) is 13.3 Å².